The van der Waals surface area contributed by atoms with Gasteiger partial charge in [-0.05, 0) is 212 Å². The van der Waals surface area contributed by atoms with E-state index in [-0.39, 0.29) is 37.6 Å². The summed E-state index contributed by atoms with van der Waals surface area (Å²) in [7, 11) is 1.70. The summed E-state index contributed by atoms with van der Waals surface area (Å²) in [6.07, 6.45) is 19.9. The second-order valence-corrected chi connectivity index (χ2v) is 28.1. The van der Waals surface area contributed by atoms with Crippen LogP contribution in [0, 0.1) is 10.8 Å². The fraction of sp³-hybridized carbons (Fsp3) is 0.451. The summed E-state index contributed by atoms with van der Waals surface area (Å²) in [6.45, 7) is 37.8. The molecule has 13 nitrogen and oxygen atoms in total. The average molecular weight is 1420 g/mol. The van der Waals surface area contributed by atoms with Gasteiger partial charge < -0.3 is 53.6 Å². The summed E-state index contributed by atoms with van der Waals surface area (Å²) in [5, 5.41) is 40.7. The number of hydrogen-bond donors (Lipinski definition) is 4. The molecule has 4 N–H and O–H groups in total. The quantitative estimate of drug-likeness (QED) is 0.00933. The number of hydrogen-bond acceptors (Lipinski definition) is 13. The lowest BCUT2D eigenvalue weighted by Crippen LogP contribution is -2.41. The van der Waals surface area contributed by atoms with Gasteiger partial charge in [-0.15, -0.1) is 0 Å². The first-order chi connectivity index (χ1) is 50.1. The number of ether oxygens (including phenoxy) is 7. The highest BCUT2D eigenvalue weighted by molar-refractivity contribution is 5.87. The Morgan fingerprint density at radius 2 is 0.808 bits per heavy atom. The van der Waals surface area contributed by atoms with Crippen LogP contribution in [0.2, 0.25) is 0 Å². The Hall–Kier alpha value is -8.30. The van der Waals surface area contributed by atoms with E-state index in [4.69, 9.17) is 33.2 Å². The van der Waals surface area contributed by atoms with Crippen molar-refractivity contribution in [2.24, 2.45) is 10.8 Å². The Bertz CT molecular complexity index is 3700. The van der Waals surface area contributed by atoms with Crippen LogP contribution in [0.5, 0.6) is 11.5 Å². The lowest BCUT2D eigenvalue weighted by atomic mass is 9.89. The van der Waals surface area contributed by atoms with Gasteiger partial charge in [-0.1, -0.05) is 210 Å². The van der Waals surface area contributed by atoms with Crippen molar-refractivity contribution in [2.75, 3.05) is 79.8 Å². The molecule has 0 aliphatic heterocycles. The van der Waals surface area contributed by atoms with Crippen LogP contribution >= 0.6 is 0 Å². The first-order valence-corrected chi connectivity index (χ1v) is 37.6. The van der Waals surface area contributed by atoms with Crippen LogP contribution in [0.1, 0.15) is 171 Å². The third kappa shape index (κ3) is 27.6. The number of allylic oxidation sites excluding steroid dienone is 2. The minimum Gasteiger partial charge on any atom is -0.496 e. The lowest BCUT2D eigenvalue weighted by Gasteiger charge is -2.30. The van der Waals surface area contributed by atoms with Gasteiger partial charge in [0, 0.05) is 16.7 Å². The molecular weight excluding hydrogens is 1300 g/mol. The van der Waals surface area contributed by atoms with Crippen molar-refractivity contribution in [3.63, 3.8) is 0 Å². The topological polar surface area (TPSA) is 180 Å². The maximum atomic E-state index is 12.1. The molecule has 6 rings (SSSR count). The van der Waals surface area contributed by atoms with Crippen LogP contribution < -0.4 is 9.47 Å². The molecule has 104 heavy (non-hydrogen) atoms. The molecule has 0 radical (unpaired) electrons. The Kier molecular flexibility index (Phi) is 38.0. The fourth-order valence-corrected chi connectivity index (χ4v) is 11.9. The van der Waals surface area contributed by atoms with E-state index >= 15 is 0 Å². The molecule has 0 atom stereocenters. The molecule has 564 valence electrons. The largest absolute Gasteiger partial charge is 0.496 e. The normalized spacial score (nSPS) is 11.3. The minimum atomic E-state index is -1.18. The van der Waals surface area contributed by atoms with Crippen molar-refractivity contribution < 1.29 is 63.2 Å². The van der Waals surface area contributed by atoms with Crippen molar-refractivity contribution in [3.8, 4) is 56.0 Å². The number of carbonyl (C=O) groups is 2. The van der Waals surface area contributed by atoms with Crippen LogP contribution in [-0.4, -0.2) is 112 Å². The fourth-order valence-electron chi connectivity index (χ4n) is 11.9. The lowest BCUT2D eigenvalue weighted by molar-refractivity contribution is -0.148. The summed E-state index contributed by atoms with van der Waals surface area (Å²) in [4.78, 5) is 24.1. The Morgan fingerprint density at radius 1 is 0.365 bits per heavy atom. The predicted octanol–water partition coefficient (Wildman–Crippen LogP) is 19.4. The number of aryl methyl sites for hydroxylation is 6. The summed E-state index contributed by atoms with van der Waals surface area (Å²) >= 11 is 0. The number of aliphatic hydroxyl groups excluding tert-OH is 4. The van der Waals surface area contributed by atoms with Gasteiger partial charge in [-0.3, -0.25) is 0 Å². The molecule has 0 amide bonds. The van der Waals surface area contributed by atoms with Gasteiger partial charge in [-0.25, -0.2) is 9.59 Å². The van der Waals surface area contributed by atoms with Gasteiger partial charge in [0.1, 0.15) is 42.8 Å². The van der Waals surface area contributed by atoms with E-state index in [1.54, 1.807) is 21.0 Å². The van der Waals surface area contributed by atoms with Crippen LogP contribution in [0.3, 0.4) is 0 Å². The molecule has 0 saturated carbocycles. The molecule has 0 aliphatic rings. The third-order valence-corrected chi connectivity index (χ3v) is 19.0. The SMILES string of the molecule is C=C(C)C(=C)OCCCc1cc(-c2ccc(-c3ccc(CCCCC)cc3)cc2CC)c(OC)cc1CCOCC(CO)(CO)COC(=O)C(=C)C.C=C(C)C(=C)OCCCc1cc(-c2ccc(-c3ccc(CCCCCCCC)cc3)cc2)c(CCC)cc1OCC(CO)(CO)COC(=O)C(=C)C. The average Bonchev–Trinajstić information content (AvgIpc) is 0.794. The predicted molar refractivity (Wildman–Crippen MR) is 426 cm³/mol. The summed E-state index contributed by atoms with van der Waals surface area (Å²) in [5.74, 6) is 1.45. The Morgan fingerprint density at radius 3 is 1.31 bits per heavy atom. The third-order valence-electron chi connectivity index (χ3n) is 19.0. The molecule has 0 bridgehead atoms. The van der Waals surface area contributed by atoms with Crippen LogP contribution in [0.25, 0.3) is 44.5 Å². The highest BCUT2D eigenvalue weighted by Gasteiger charge is 2.34. The number of benzene rings is 6. The summed E-state index contributed by atoms with van der Waals surface area (Å²) in [6, 6.07) is 42.0. The van der Waals surface area contributed by atoms with Crippen molar-refractivity contribution in [3.05, 3.63) is 227 Å². The molecule has 0 spiro atoms. The summed E-state index contributed by atoms with van der Waals surface area (Å²) in [5.41, 5.74) is 17.4. The molecule has 0 aromatic heterocycles. The van der Waals surface area contributed by atoms with Gasteiger partial charge in [0.2, 0.25) is 0 Å². The van der Waals surface area contributed by atoms with E-state index in [1.807, 2.05) is 13.8 Å². The van der Waals surface area contributed by atoms with Gasteiger partial charge in [0.25, 0.3) is 0 Å². The monoisotopic (exact) mass is 1420 g/mol. The van der Waals surface area contributed by atoms with Gasteiger partial charge in [0.15, 0.2) is 0 Å². The zero-order chi connectivity index (χ0) is 76.0. The van der Waals surface area contributed by atoms with E-state index < -0.39 is 49.2 Å². The number of rotatable bonds is 49. The Labute approximate surface area is 623 Å². The maximum absolute atomic E-state index is 12.1. The highest BCUT2D eigenvalue weighted by Crippen LogP contribution is 2.39. The number of methoxy groups -OCH3 is 1. The van der Waals surface area contributed by atoms with Gasteiger partial charge in [0.05, 0.1) is 70.8 Å². The first-order valence-electron chi connectivity index (χ1n) is 37.6. The van der Waals surface area contributed by atoms with Crippen molar-refractivity contribution >= 4 is 11.9 Å². The van der Waals surface area contributed by atoms with E-state index in [0.717, 1.165) is 106 Å². The molecule has 0 saturated heterocycles. The second kappa shape index (κ2) is 45.8. The van der Waals surface area contributed by atoms with Crippen molar-refractivity contribution in [1.82, 2.24) is 0 Å². The van der Waals surface area contributed by atoms with E-state index in [2.05, 4.69) is 182 Å². The molecule has 6 aromatic carbocycles. The van der Waals surface area contributed by atoms with Crippen LogP contribution in [-0.2, 0) is 78.2 Å². The van der Waals surface area contributed by atoms with Crippen molar-refractivity contribution in [2.45, 2.75) is 177 Å². The van der Waals surface area contributed by atoms with E-state index in [1.165, 1.54) is 96.7 Å². The smallest absolute Gasteiger partial charge is 0.333 e. The molecular formula is C91H122O13. The Balaban J connectivity index is 0.000000374. The van der Waals surface area contributed by atoms with E-state index in [0.29, 0.717) is 56.4 Å². The highest BCUT2D eigenvalue weighted by atomic mass is 16.5. The molecule has 13 heteroatoms. The summed E-state index contributed by atoms with van der Waals surface area (Å²) < 4.78 is 40.6. The zero-order valence-electron chi connectivity index (χ0n) is 64.4. The number of esters is 2. The number of aliphatic hydroxyl groups is 4. The first kappa shape index (κ1) is 86.3. The molecule has 0 unspecified atom stereocenters. The van der Waals surface area contributed by atoms with Crippen molar-refractivity contribution in [1.29, 1.82) is 0 Å². The number of carbonyl (C=O) groups excluding carboxylic acids is 2. The van der Waals surface area contributed by atoms with Crippen LogP contribution in [0.4, 0.5) is 0 Å². The molecule has 0 aliphatic carbocycles. The maximum Gasteiger partial charge on any atom is 0.333 e. The molecule has 0 fully saturated rings. The van der Waals surface area contributed by atoms with Crippen LogP contribution in [0.15, 0.2) is 189 Å². The standard InChI is InChI=1S/C46H62O6.C45H60O7/c1-8-10-11-12-13-14-17-37-19-21-38(22-20-37)39-23-25-40(26-24-39)43-28-42(18-15-27-50-36(7)34(3)4)44(29-41(43)16-9-2)51-32-46(30-47,31-48)33-52-45(49)35(5)6;1-9-11-12-14-35-16-18-37(19-17-35)39-20-21-41(36(10-2)25-39)42-26-38(15-13-23-51-34(7)32(3)4)40(27-43(42)49-8)22-24-50-30-45(28-46,29-47)31-52-44(48)33(5)6/h19-26,28-29,47-48H,3,5,7-18,27,30-33H2,1-2,4,6H3;16-21,25-27,46-47H,3,5,7,9-15,22-24,28-31H2,1-2,4,6,8H3. The van der Waals surface area contributed by atoms with Gasteiger partial charge in [-0.2, -0.15) is 0 Å². The van der Waals surface area contributed by atoms with Gasteiger partial charge >= 0.3 is 11.9 Å². The number of unbranched alkanes of at least 4 members (excludes halogenated alkanes) is 7. The minimum absolute atomic E-state index is 0.0126. The zero-order valence-corrected chi connectivity index (χ0v) is 64.4. The molecule has 6 aromatic rings. The second-order valence-electron chi connectivity index (χ2n) is 28.1. The van der Waals surface area contributed by atoms with E-state index in [9.17, 15) is 30.0 Å². The molecule has 0 heterocycles.